The molecule has 2 aromatic carbocycles. The Morgan fingerprint density at radius 1 is 0.612 bits per heavy atom. The van der Waals surface area contributed by atoms with E-state index in [1.165, 1.54) is 24.3 Å². The van der Waals surface area contributed by atoms with Crippen LogP contribution in [0.3, 0.4) is 0 Å². The highest BCUT2D eigenvalue weighted by atomic mass is 16.4. The molecule has 0 aliphatic heterocycles. The van der Waals surface area contributed by atoms with Gasteiger partial charge in [0, 0.05) is 25.7 Å². The van der Waals surface area contributed by atoms with Gasteiger partial charge in [0.15, 0.2) is 0 Å². The van der Waals surface area contributed by atoms with E-state index in [-0.39, 0.29) is 37.4 Å². The summed E-state index contributed by atoms with van der Waals surface area (Å²) >= 11 is 0. The molecule has 0 saturated carbocycles. The van der Waals surface area contributed by atoms with E-state index in [1.807, 2.05) is 6.92 Å². The number of aryl methyl sites for hydroxylation is 1. The zero-order valence-electron chi connectivity index (χ0n) is 39.2. The van der Waals surface area contributed by atoms with Crippen LogP contribution in [-0.4, -0.2) is 111 Å². The fraction of sp³-hybridized carbons (Fsp3) is 0.532. The van der Waals surface area contributed by atoms with Crippen molar-refractivity contribution in [2.45, 2.75) is 149 Å². The lowest BCUT2D eigenvalue weighted by Crippen LogP contribution is -2.62. The second-order valence-electron chi connectivity index (χ2n) is 18.0. The molecule has 0 unspecified atom stereocenters. The summed E-state index contributed by atoms with van der Waals surface area (Å²) in [6.07, 6.45) is -1.06. The molecule has 0 spiro atoms. The van der Waals surface area contributed by atoms with Crippen LogP contribution in [-0.2, 0) is 60.8 Å². The van der Waals surface area contributed by atoms with Crippen LogP contribution < -0.4 is 37.6 Å². The lowest BCUT2D eigenvalue weighted by atomic mass is 9.85. The zero-order valence-corrected chi connectivity index (χ0v) is 39.2. The van der Waals surface area contributed by atoms with Crippen LogP contribution in [0.4, 0.5) is 0 Å². The third-order valence-corrected chi connectivity index (χ3v) is 10.7. The van der Waals surface area contributed by atoms with Crippen molar-refractivity contribution in [1.82, 2.24) is 31.9 Å². The van der Waals surface area contributed by atoms with Gasteiger partial charge in [-0.25, -0.2) is 0 Å². The number of benzene rings is 2. The predicted octanol–water partition coefficient (Wildman–Crippen LogP) is 1.46. The third-order valence-electron chi connectivity index (χ3n) is 10.7. The number of nitrogens with two attached hydrogens (primary N) is 1. The average molecular weight is 938 g/mol. The van der Waals surface area contributed by atoms with Gasteiger partial charge in [0.1, 0.15) is 36.0 Å². The number of hydrogen-bond acceptors (Lipinski definition) is 11. The second-order valence-corrected chi connectivity index (χ2v) is 18.0. The first-order valence-electron chi connectivity index (χ1n) is 22.2. The van der Waals surface area contributed by atoms with Gasteiger partial charge in [-0.1, -0.05) is 90.8 Å². The Labute approximate surface area is 390 Å². The normalized spacial score (nSPS) is 13.9. The number of aliphatic carboxylic acids is 2. The Morgan fingerprint density at radius 2 is 1.13 bits per heavy atom. The highest BCUT2D eigenvalue weighted by molar-refractivity contribution is 6.37. The van der Waals surface area contributed by atoms with Gasteiger partial charge >= 0.3 is 11.9 Å². The number of phenolic OH excluding ortho intramolecular Hbond substituents is 1. The number of rotatable bonds is 28. The molecule has 0 aliphatic carbocycles. The van der Waals surface area contributed by atoms with Crippen molar-refractivity contribution in [3.63, 3.8) is 0 Å². The van der Waals surface area contributed by atoms with E-state index in [1.54, 1.807) is 65.8 Å². The lowest BCUT2D eigenvalue weighted by Gasteiger charge is -2.34. The van der Waals surface area contributed by atoms with E-state index >= 15 is 0 Å². The van der Waals surface area contributed by atoms with E-state index < -0.39 is 126 Å². The van der Waals surface area contributed by atoms with Crippen molar-refractivity contribution < 1.29 is 63.3 Å². The quantitative estimate of drug-likeness (QED) is 0.0541. The van der Waals surface area contributed by atoms with Crippen LogP contribution in [0.15, 0.2) is 48.5 Å². The second kappa shape index (κ2) is 26.9. The van der Waals surface area contributed by atoms with Gasteiger partial charge in [-0.3, -0.25) is 47.9 Å². The summed E-state index contributed by atoms with van der Waals surface area (Å²) in [5.74, 6) is -10.1. The molecule has 0 aromatic heterocycles. The number of Topliss-reactive ketones (excluding diaryl/α,β-unsaturated/α-hetero) is 1. The van der Waals surface area contributed by atoms with Crippen LogP contribution in [0.2, 0.25) is 0 Å². The number of carboxylic acids is 2. The molecular weight excluding hydrogens is 871 g/mol. The first-order valence-corrected chi connectivity index (χ1v) is 22.2. The Kier molecular flexibility index (Phi) is 22.6. The molecule has 2 aromatic rings. The summed E-state index contributed by atoms with van der Waals surface area (Å²) in [4.78, 5) is 131. The van der Waals surface area contributed by atoms with E-state index in [9.17, 15) is 58.2 Å². The predicted molar refractivity (Wildman–Crippen MR) is 245 cm³/mol. The van der Waals surface area contributed by atoms with E-state index in [0.29, 0.717) is 24.0 Å². The summed E-state index contributed by atoms with van der Waals surface area (Å²) < 4.78 is 0. The number of unbranched alkanes of at least 4 members (excludes halogenated alkanes) is 1. The van der Waals surface area contributed by atoms with E-state index in [2.05, 4.69) is 31.9 Å². The Bertz CT molecular complexity index is 2080. The first kappa shape index (κ1) is 56.3. The van der Waals surface area contributed by atoms with Gasteiger partial charge in [0.2, 0.25) is 41.2 Å². The molecule has 2 rings (SSSR count). The van der Waals surface area contributed by atoms with Gasteiger partial charge < -0.3 is 53.0 Å². The Morgan fingerprint density at radius 3 is 1.69 bits per heavy atom. The van der Waals surface area contributed by atoms with Crippen molar-refractivity contribution in [1.29, 1.82) is 0 Å². The van der Waals surface area contributed by atoms with Gasteiger partial charge in [-0.2, -0.15) is 0 Å². The topological polar surface area (TPSA) is 330 Å². The molecule has 11 N–H and O–H groups in total. The molecule has 0 saturated heterocycles. The highest BCUT2D eigenvalue weighted by Gasteiger charge is 2.39. The summed E-state index contributed by atoms with van der Waals surface area (Å²) in [6.45, 7) is 12.2. The fourth-order valence-electron chi connectivity index (χ4n) is 6.91. The average Bonchev–Trinajstić information content (AvgIpc) is 3.24. The largest absolute Gasteiger partial charge is 0.508 e. The SMILES string of the molecule is CCCC[C@H](NC(=O)[C@H](CC(C)C)NC(=O)[C@@H](NC(=O)[C@H](Cc1ccccc1C)NC(=O)[C@H](CCC(=O)O)NC(=O)[C@H](Cc1ccc(O)cc1)NC(=O)CCC(=O)O)C(C)(C)C)C(=O)C(N)=O. The molecule has 0 radical (unpaired) electrons. The number of carboxylic acid groups (broad SMARTS) is 2. The van der Waals surface area contributed by atoms with Crippen LogP contribution >= 0.6 is 0 Å². The zero-order chi connectivity index (χ0) is 50.6. The van der Waals surface area contributed by atoms with Crippen LogP contribution in [0, 0.1) is 18.3 Å². The van der Waals surface area contributed by atoms with E-state index in [0.717, 1.165) is 5.56 Å². The summed E-state index contributed by atoms with van der Waals surface area (Å²) in [5.41, 5.74) is 6.03. The van der Waals surface area contributed by atoms with Crippen molar-refractivity contribution in [3.8, 4) is 5.75 Å². The standard InChI is InChI=1S/C47H67N7O13/c1-8-9-14-31(39(61)41(48)62)50-43(64)33(23-26(2)3)53-46(67)40(47(5,6)7)54-45(66)35(25-29-13-11-10-12-27(29)4)52-42(63)32(19-21-37(57)58)51-44(65)34(49-36(56)20-22-38(59)60)24-28-15-17-30(55)18-16-28/h10-13,15-18,26,31-35,40,55H,8-9,14,19-25H2,1-7H3,(H2,48,62)(H,49,56)(H,50,64)(H,51,65)(H,52,63)(H,53,67)(H,54,66)(H,57,58)(H,59,60)/t31-,32-,33-,34-,35-,40+/m0/s1. The molecule has 0 aliphatic rings. The maximum absolute atomic E-state index is 14.5. The maximum atomic E-state index is 14.5. The van der Waals surface area contributed by atoms with E-state index in [4.69, 9.17) is 10.8 Å². The van der Waals surface area contributed by atoms with Crippen molar-refractivity contribution in [3.05, 3.63) is 65.2 Å². The summed E-state index contributed by atoms with van der Waals surface area (Å²) in [7, 11) is 0. The first-order chi connectivity index (χ1) is 31.3. The summed E-state index contributed by atoms with van der Waals surface area (Å²) in [6, 6.07) is 4.34. The number of primary amides is 1. The molecule has 20 heteroatoms. The van der Waals surface area contributed by atoms with Crippen LogP contribution in [0.25, 0.3) is 0 Å². The Hall–Kier alpha value is -6.86. The van der Waals surface area contributed by atoms with Crippen molar-refractivity contribution in [2.75, 3.05) is 0 Å². The Balaban J connectivity index is 2.53. The van der Waals surface area contributed by atoms with Gasteiger partial charge in [-0.15, -0.1) is 0 Å². The number of amides is 7. The third kappa shape index (κ3) is 20.0. The number of aromatic hydroxyl groups is 1. The molecule has 0 fully saturated rings. The molecule has 0 bridgehead atoms. The fourth-order valence-corrected chi connectivity index (χ4v) is 6.91. The molecular formula is C47H67N7O13. The van der Waals surface area contributed by atoms with Crippen molar-refractivity contribution >= 4 is 59.1 Å². The van der Waals surface area contributed by atoms with Crippen LogP contribution in [0.5, 0.6) is 5.75 Å². The van der Waals surface area contributed by atoms with Gasteiger partial charge in [0.05, 0.1) is 12.5 Å². The van der Waals surface area contributed by atoms with Gasteiger partial charge in [0.25, 0.3) is 5.91 Å². The van der Waals surface area contributed by atoms with Gasteiger partial charge in [-0.05, 0) is 66.3 Å². The van der Waals surface area contributed by atoms with Crippen LogP contribution in [0.1, 0.15) is 110 Å². The number of phenols is 1. The number of ketones is 1. The number of carbonyl (C=O) groups is 10. The maximum Gasteiger partial charge on any atom is 0.303 e. The lowest BCUT2D eigenvalue weighted by molar-refractivity contribution is -0.140. The smallest absolute Gasteiger partial charge is 0.303 e. The minimum Gasteiger partial charge on any atom is -0.508 e. The number of hydrogen-bond donors (Lipinski definition) is 10. The minimum absolute atomic E-state index is 0.0783. The molecule has 7 amide bonds. The molecule has 20 nitrogen and oxygen atoms in total. The minimum atomic E-state index is -1.60. The molecule has 67 heavy (non-hydrogen) atoms. The highest BCUT2D eigenvalue weighted by Crippen LogP contribution is 2.21. The number of nitrogens with one attached hydrogen (secondary N) is 6. The molecule has 6 atom stereocenters. The number of carbonyl (C=O) groups excluding carboxylic acids is 8. The monoisotopic (exact) mass is 937 g/mol. The summed E-state index contributed by atoms with van der Waals surface area (Å²) in [5, 5.41) is 44.0. The molecule has 0 heterocycles. The van der Waals surface area contributed by atoms with Crippen molar-refractivity contribution in [2.24, 2.45) is 17.1 Å². The molecule has 368 valence electrons.